The van der Waals surface area contributed by atoms with E-state index in [1.54, 1.807) is 0 Å². The van der Waals surface area contributed by atoms with Gasteiger partial charge in [0.05, 0.1) is 0 Å². The summed E-state index contributed by atoms with van der Waals surface area (Å²) in [6.07, 6.45) is 2.30. The molecule has 1 aromatic carbocycles. The number of benzene rings is 1. The lowest BCUT2D eigenvalue weighted by Crippen LogP contribution is -2.47. The van der Waals surface area contributed by atoms with Gasteiger partial charge in [-0.25, -0.2) is 13.6 Å². The minimum atomic E-state index is -0.586. The summed E-state index contributed by atoms with van der Waals surface area (Å²) in [5, 5.41) is 6.14. The van der Waals surface area contributed by atoms with Gasteiger partial charge in [-0.05, 0) is 57.7 Å². The third-order valence-corrected chi connectivity index (χ3v) is 3.71. The van der Waals surface area contributed by atoms with Crippen molar-refractivity contribution in [3.8, 4) is 0 Å². The van der Waals surface area contributed by atoms with Gasteiger partial charge in [0.25, 0.3) is 0 Å². The third kappa shape index (κ3) is 5.78. The molecule has 1 fully saturated rings. The van der Waals surface area contributed by atoms with Crippen LogP contribution in [0.5, 0.6) is 0 Å². The molecule has 23 heavy (non-hydrogen) atoms. The second-order valence-corrected chi connectivity index (χ2v) is 6.95. The minimum Gasteiger partial charge on any atom is -0.444 e. The second kappa shape index (κ2) is 7.25. The summed E-state index contributed by atoms with van der Waals surface area (Å²) in [7, 11) is 0. The molecule has 2 N–H and O–H groups in total. The Morgan fingerprint density at radius 3 is 2.39 bits per heavy atom. The maximum Gasteiger partial charge on any atom is 0.407 e. The quantitative estimate of drug-likeness (QED) is 0.890. The molecule has 0 radical (unpaired) electrons. The van der Waals surface area contributed by atoms with E-state index in [2.05, 4.69) is 10.6 Å². The molecule has 0 aromatic heterocycles. The van der Waals surface area contributed by atoms with Crippen LogP contribution in [-0.2, 0) is 11.3 Å². The highest BCUT2D eigenvalue weighted by Crippen LogP contribution is 2.20. The van der Waals surface area contributed by atoms with Crippen LogP contribution in [0.25, 0.3) is 0 Å². The lowest BCUT2D eigenvalue weighted by atomic mass is 10.1. The Balaban J connectivity index is 1.88. The van der Waals surface area contributed by atoms with E-state index >= 15 is 0 Å². The molecule has 128 valence electrons. The summed E-state index contributed by atoms with van der Waals surface area (Å²) in [5.74, 6) is -1.17. The van der Waals surface area contributed by atoms with Gasteiger partial charge >= 0.3 is 6.09 Å². The largest absolute Gasteiger partial charge is 0.444 e. The average molecular weight is 326 g/mol. The molecule has 1 aliphatic rings. The molecule has 1 aliphatic carbocycles. The van der Waals surface area contributed by atoms with Gasteiger partial charge in [0, 0.05) is 24.7 Å². The fraction of sp³-hybridized carbons (Fsp3) is 0.588. The molecule has 1 amide bonds. The van der Waals surface area contributed by atoms with E-state index in [0.29, 0.717) is 12.1 Å². The van der Waals surface area contributed by atoms with Crippen molar-refractivity contribution in [1.29, 1.82) is 0 Å². The Bertz CT molecular complexity index is 538. The molecule has 1 aromatic rings. The third-order valence-electron chi connectivity index (χ3n) is 3.71. The molecular weight excluding hydrogens is 302 g/mol. The number of hydrogen-bond acceptors (Lipinski definition) is 3. The average Bonchev–Trinajstić information content (AvgIpc) is 2.80. The van der Waals surface area contributed by atoms with Crippen molar-refractivity contribution in [2.24, 2.45) is 0 Å². The van der Waals surface area contributed by atoms with E-state index in [4.69, 9.17) is 4.74 Å². The van der Waals surface area contributed by atoms with Gasteiger partial charge in [-0.15, -0.1) is 0 Å². The summed E-state index contributed by atoms with van der Waals surface area (Å²) in [5.41, 5.74) is 0.00968. The number of carbonyl (C=O) groups excluding carboxylic acids is 1. The first-order valence-corrected chi connectivity index (χ1v) is 7.91. The normalized spacial score (nSPS) is 21.3. The summed E-state index contributed by atoms with van der Waals surface area (Å²) in [6.45, 7) is 5.80. The topological polar surface area (TPSA) is 50.4 Å². The molecule has 2 rings (SSSR count). The van der Waals surface area contributed by atoms with Crippen LogP contribution in [0.15, 0.2) is 18.2 Å². The number of alkyl carbamates (subject to hydrolysis) is 1. The van der Waals surface area contributed by atoms with Crippen molar-refractivity contribution >= 4 is 6.09 Å². The van der Waals surface area contributed by atoms with Gasteiger partial charge in [0.2, 0.25) is 0 Å². The highest BCUT2D eigenvalue weighted by atomic mass is 19.1. The molecule has 2 atom stereocenters. The van der Waals surface area contributed by atoms with Crippen molar-refractivity contribution in [3.05, 3.63) is 35.4 Å². The number of hydrogen-bond donors (Lipinski definition) is 2. The zero-order chi connectivity index (χ0) is 17.0. The molecule has 1 saturated carbocycles. The van der Waals surface area contributed by atoms with Crippen LogP contribution in [-0.4, -0.2) is 23.8 Å². The lowest BCUT2D eigenvalue weighted by molar-refractivity contribution is 0.0498. The van der Waals surface area contributed by atoms with Crippen LogP contribution in [0.1, 0.15) is 45.6 Å². The maximum absolute atomic E-state index is 13.2. The van der Waals surface area contributed by atoms with Crippen molar-refractivity contribution in [3.63, 3.8) is 0 Å². The van der Waals surface area contributed by atoms with E-state index < -0.39 is 23.3 Å². The highest BCUT2D eigenvalue weighted by Gasteiger charge is 2.29. The molecule has 6 heteroatoms. The van der Waals surface area contributed by atoms with E-state index in [1.807, 2.05) is 20.8 Å². The second-order valence-electron chi connectivity index (χ2n) is 6.95. The molecule has 2 unspecified atom stereocenters. The Morgan fingerprint density at radius 2 is 1.78 bits per heavy atom. The number of nitrogens with one attached hydrogen (secondary N) is 2. The molecule has 0 heterocycles. The predicted molar refractivity (Wildman–Crippen MR) is 84.0 cm³/mol. The van der Waals surface area contributed by atoms with Gasteiger partial charge in [-0.2, -0.15) is 0 Å². The van der Waals surface area contributed by atoms with E-state index in [9.17, 15) is 13.6 Å². The number of carbonyl (C=O) groups is 1. The molecule has 0 spiro atoms. The Morgan fingerprint density at radius 1 is 1.17 bits per heavy atom. The molecule has 0 aliphatic heterocycles. The van der Waals surface area contributed by atoms with Crippen molar-refractivity contribution < 1.29 is 18.3 Å². The first-order chi connectivity index (χ1) is 10.7. The van der Waals surface area contributed by atoms with E-state index in [-0.39, 0.29) is 12.1 Å². The zero-order valence-electron chi connectivity index (χ0n) is 13.8. The van der Waals surface area contributed by atoms with Crippen LogP contribution in [0, 0.1) is 11.6 Å². The van der Waals surface area contributed by atoms with E-state index in [0.717, 1.165) is 25.3 Å². The first kappa shape index (κ1) is 17.7. The number of amides is 1. The summed E-state index contributed by atoms with van der Waals surface area (Å²) < 4.78 is 31.7. The van der Waals surface area contributed by atoms with Crippen LogP contribution in [0.4, 0.5) is 13.6 Å². The Labute approximate surface area is 135 Å². The number of ether oxygens (including phenoxy) is 1. The van der Waals surface area contributed by atoms with Gasteiger partial charge in [0.1, 0.15) is 17.2 Å². The standard InChI is InChI=1S/C17H24F2N2O2/c1-17(2,3)23-16(22)21-15-6-4-5-14(15)20-10-11-7-12(18)9-13(19)8-11/h7-9,14-15,20H,4-6,10H2,1-3H3,(H,21,22). The van der Waals surface area contributed by atoms with Gasteiger partial charge in [-0.1, -0.05) is 0 Å². The summed E-state index contributed by atoms with van der Waals surface area (Å²) in [4.78, 5) is 11.9. The predicted octanol–water partition coefficient (Wildman–Crippen LogP) is 3.50. The lowest BCUT2D eigenvalue weighted by Gasteiger charge is -2.25. The molecular formula is C17H24F2N2O2. The van der Waals surface area contributed by atoms with Crippen LogP contribution in [0.2, 0.25) is 0 Å². The molecule has 0 bridgehead atoms. The Hall–Kier alpha value is -1.69. The van der Waals surface area contributed by atoms with Gasteiger partial charge in [-0.3, -0.25) is 0 Å². The fourth-order valence-electron chi connectivity index (χ4n) is 2.80. The monoisotopic (exact) mass is 326 g/mol. The maximum atomic E-state index is 13.2. The molecule has 0 saturated heterocycles. The van der Waals surface area contributed by atoms with Crippen LogP contribution in [0.3, 0.4) is 0 Å². The van der Waals surface area contributed by atoms with Crippen LogP contribution < -0.4 is 10.6 Å². The van der Waals surface area contributed by atoms with E-state index in [1.165, 1.54) is 12.1 Å². The summed E-state index contributed by atoms with van der Waals surface area (Å²) >= 11 is 0. The first-order valence-electron chi connectivity index (χ1n) is 7.91. The zero-order valence-corrected chi connectivity index (χ0v) is 13.8. The van der Waals surface area contributed by atoms with Gasteiger partial charge in [0.15, 0.2) is 0 Å². The Kier molecular flexibility index (Phi) is 5.57. The highest BCUT2D eigenvalue weighted by molar-refractivity contribution is 5.68. The van der Waals surface area contributed by atoms with Crippen LogP contribution >= 0.6 is 0 Å². The number of rotatable bonds is 4. The molecule has 4 nitrogen and oxygen atoms in total. The van der Waals surface area contributed by atoms with Crippen molar-refractivity contribution in [2.45, 2.75) is 64.3 Å². The summed E-state index contributed by atoms with van der Waals surface area (Å²) in [6, 6.07) is 3.49. The number of halogens is 2. The fourth-order valence-corrected chi connectivity index (χ4v) is 2.80. The van der Waals surface area contributed by atoms with Gasteiger partial charge < -0.3 is 15.4 Å². The van der Waals surface area contributed by atoms with Crippen molar-refractivity contribution in [1.82, 2.24) is 10.6 Å². The SMILES string of the molecule is CC(C)(C)OC(=O)NC1CCCC1NCc1cc(F)cc(F)c1. The minimum absolute atomic E-state index is 0.0387. The van der Waals surface area contributed by atoms with Crippen molar-refractivity contribution in [2.75, 3.05) is 0 Å². The smallest absolute Gasteiger partial charge is 0.407 e.